The van der Waals surface area contributed by atoms with E-state index in [0.29, 0.717) is 0 Å². The average Bonchev–Trinajstić information content (AvgIpc) is 2.97. The first-order valence-corrected chi connectivity index (χ1v) is 10.3. The molecule has 3 rings (SSSR count). The van der Waals surface area contributed by atoms with E-state index < -0.39 is 16.9 Å². The van der Waals surface area contributed by atoms with Crippen LogP contribution in [0.1, 0.15) is 36.0 Å². The third-order valence-electron chi connectivity index (χ3n) is 4.11. The van der Waals surface area contributed by atoms with Gasteiger partial charge in [0.25, 0.3) is 0 Å². The number of halogens is 3. The van der Waals surface area contributed by atoms with Crippen LogP contribution in [0.5, 0.6) is 0 Å². The predicted octanol–water partition coefficient (Wildman–Crippen LogP) is 6.17. The Bertz CT molecular complexity index is 829. The van der Waals surface area contributed by atoms with Gasteiger partial charge in [-0.15, -0.1) is 0 Å². The van der Waals surface area contributed by atoms with Gasteiger partial charge in [-0.05, 0) is 65.8 Å². The van der Waals surface area contributed by atoms with Crippen molar-refractivity contribution >= 4 is 54.1 Å². The molecule has 0 spiro atoms. The normalized spacial score (nSPS) is 15.8. The molecule has 0 heterocycles. The average molecular weight is 474 g/mol. The molecule has 0 saturated carbocycles. The highest BCUT2D eigenvalue weighted by atomic mass is 79.9. The lowest BCUT2D eigenvalue weighted by Gasteiger charge is -2.11. The lowest BCUT2D eigenvalue weighted by molar-refractivity contribution is 0.559. The highest BCUT2D eigenvalue weighted by Crippen LogP contribution is 2.41. The van der Waals surface area contributed by atoms with E-state index in [4.69, 9.17) is 4.55 Å². The molecular weight excluding hydrogens is 459 g/mol. The van der Waals surface area contributed by atoms with Gasteiger partial charge in [0.05, 0.1) is 5.75 Å². The summed E-state index contributed by atoms with van der Waals surface area (Å²) in [6.07, 6.45) is 2.91. The van der Waals surface area contributed by atoms with Gasteiger partial charge in [0, 0.05) is 14.5 Å². The fourth-order valence-electron chi connectivity index (χ4n) is 3.09. The maximum Gasteiger partial charge on any atom is 0.157 e. The van der Waals surface area contributed by atoms with E-state index in [1.54, 1.807) is 6.07 Å². The van der Waals surface area contributed by atoms with Gasteiger partial charge in [0.1, 0.15) is 5.82 Å². The van der Waals surface area contributed by atoms with Crippen LogP contribution in [0.15, 0.2) is 45.3 Å². The van der Waals surface area contributed by atoms with Crippen molar-refractivity contribution in [2.75, 3.05) is 0 Å². The summed E-state index contributed by atoms with van der Waals surface area (Å²) in [4.78, 5) is 0. The van der Waals surface area contributed by atoms with Gasteiger partial charge in [-0.25, -0.2) is 8.60 Å². The van der Waals surface area contributed by atoms with E-state index in [9.17, 15) is 8.60 Å². The molecule has 1 N–H and O–H groups in total. The zero-order valence-corrected chi connectivity index (χ0v) is 16.7. The second-order valence-electron chi connectivity index (χ2n) is 5.74. The lowest BCUT2D eigenvalue weighted by atomic mass is 9.96. The first-order valence-electron chi connectivity index (χ1n) is 7.49. The van der Waals surface area contributed by atoms with Crippen LogP contribution in [0.25, 0.3) is 11.1 Å². The highest BCUT2D eigenvalue weighted by Gasteiger charge is 2.19. The van der Waals surface area contributed by atoms with Gasteiger partial charge in [-0.1, -0.05) is 44.0 Å². The Morgan fingerprint density at radius 2 is 1.62 bits per heavy atom. The maximum absolute atomic E-state index is 14.2. The maximum atomic E-state index is 14.2. The second-order valence-corrected chi connectivity index (χ2v) is 8.50. The minimum atomic E-state index is -2.04. The smallest absolute Gasteiger partial charge is 0.157 e. The lowest BCUT2D eigenvalue weighted by Crippen LogP contribution is -1.98. The summed E-state index contributed by atoms with van der Waals surface area (Å²) in [5.74, 6) is -0.611. The Morgan fingerprint density at radius 1 is 1.00 bits per heavy atom. The molecule has 0 radical (unpaired) electrons. The molecule has 0 aliphatic heterocycles. The molecule has 6 heteroatoms. The van der Waals surface area contributed by atoms with E-state index in [1.165, 1.54) is 11.6 Å². The van der Waals surface area contributed by atoms with Crippen LogP contribution in [-0.4, -0.2) is 8.76 Å². The minimum Gasteiger partial charge on any atom is -0.306 e. The summed E-state index contributed by atoms with van der Waals surface area (Å²) in [5.41, 5.74) is 4.63. The molecule has 24 heavy (non-hydrogen) atoms. The molecule has 0 amide bonds. The molecule has 2 nitrogen and oxygen atoms in total. The fraction of sp³-hybridized carbons (Fsp3) is 0.222. The molecule has 0 aromatic heterocycles. The predicted molar refractivity (Wildman–Crippen MR) is 103 cm³/mol. The molecule has 126 valence electrons. The van der Waals surface area contributed by atoms with Crippen LogP contribution in [-0.2, 0) is 16.8 Å². The summed E-state index contributed by atoms with van der Waals surface area (Å²) < 4.78 is 36.1. The van der Waals surface area contributed by atoms with Crippen molar-refractivity contribution in [1.29, 1.82) is 0 Å². The van der Waals surface area contributed by atoms with Gasteiger partial charge >= 0.3 is 0 Å². The molecule has 1 aliphatic carbocycles. The quantitative estimate of drug-likeness (QED) is 0.539. The molecule has 0 bridgehead atoms. The van der Waals surface area contributed by atoms with Crippen LogP contribution in [0.4, 0.5) is 4.39 Å². The van der Waals surface area contributed by atoms with Gasteiger partial charge in [-0.2, -0.15) is 0 Å². The van der Waals surface area contributed by atoms with Crippen molar-refractivity contribution in [3.63, 3.8) is 0 Å². The Hall–Kier alpha value is -0.820. The van der Waals surface area contributed by atoms with E-state index in [2.05, 4.69) is 44.0 Å². The van der Waals surface area contributed by atoms with Gasteiger partial charge < -0.3 is 4.55 Å². The van der Waals surface area contributed by atoms with Crippen molar-refractivity contribution in [1.82, 2.24) is 0 Å². The number of hydrogen-bond donors (Lipinski definition) is 1. The molecule has 1 atom stereocenters. The monoisotopic (exact) mass is 472 g/mol. The molecule has 1 aliphatic rings. The Labute approximate surface area is 159 Å². The van der Waals surface area contributed by atoms with E-state index in [-0.39, 0.29) is 11.3 Å². The zero-order chi connectivity index (χ0) is 17.3. The van der Waals surface area contributed by atoms with Crippen molar-refractivity contribution in [2.24, 2.45) is 0 Å². The van der Waals surface area contributed by atoms with Crippen molar-refractivity contribution in [3.05, 3.63) is 67.9 Å². The topological polar surface area (TPSA) is 37.3 Å². The van der Waals surface area contributed by atoms with Crippen LogP contribution in [0.3, 0.4) is 0 Å². The SMILES string of the molecule is O=S(O)Cc1ccc(C2=C(c3cc(Br)cc(Br)c3)CCC2)cc1F. The molecule has 0 fully saturated rings. The molecule has 0 saturated heterocycles. The molecule has 2 aromatic carbocycles. The third-order valence-corrected chi connectivity index (χ3v) is 5.58. The number of hydrogen-bond acceptors (Lipinski definition) is 1. The van der Waals surface area contributed by atoms with E-state index >= 15 is 0 Å². The number of rotatable bonds is 4. The summed E-state index contributed by atoms with van der Waals surface area (Å²) in [7, 11) is 0. The van der Waals surface area contributed by atoms with Gasteiger partial charge in [0.2, 0.25) is 0 Å². The molecule has 1 unspecified atom stereocenters. The Balaban J connectivity index is 2.03. The number of allylic oxidation sites excluding steroid dienone is 2. The van der Waals surface area contributed by atoms with E-state index in [0.717, 1.165) is 44.9 Å². The molecular formula is C18H15Br2FO2S. The summed E-state index contributed by atoms with van der Waals surface area (Å²) in [5, 5.41) is 0. The summed E-state index contributed by atoms with van der Waals surface area (Å²) >= 11 is 4.99. The highest BCUT2D eigenvalue weighted by molar-refractivity contribution is 9.11. The van der Waals surface area contributed by atoms with E-state index in [1.807, 2.05) is 12.1 Å². The van der Waals surface area contributed by atoms with Crippen molar-refractivity contribution < 1.29 is 13.2 Å². The summed E-state index contributed by atoms with van der Waals surface area (Å²) in [6, 6.07) is 11.1. The fourth-order valence-corrected chi connectivity index (χ4v) is 4.89. The van der Waals surface area contributed by atoms with Crippen LogP contribution in [0, 0.1) is 5.82 Å². The third kappa shape index (κ3) is 4.04. The first-order chi connectivity index (χ1) is 11.4. The zero-order valence-electron chi connectivity index (χ0n) is 12.7. The van der Waals surface area contributed by atoms with Crippen molar-refractivity contribution in [3.8, 4) is 0 Å². The van der Waals surface area contributed by atoms with Crippen LogP contribution in [0.2, 0.25) is 0 Å². The Kier molecular flexibility index (Phi) is 5.70. The van der Waals surface area contributed by atoms with Crippen LogP contribution < -0.4 is 0 Å². The van der Waals surface area contributed by atoms with Crippen LogP contribution >= 0.6 is 31.9 Å². The molecule has 2 aromatic rings. The van der Waals surface area contributed by atoms with Gasteiger partial charge in [0.15, 0.2) is 11.1 Å². The number of benzene rings is 2. The largest absolute Gasteiger partial charge is 0.306 e. The Morgan fingerprint density at radius 3 is 2.21 bits per heavy atom. The van der Waals surface area contributed by atoms with Crippen molar-refractivity contribution in [2.45, 2.75) is 25.0 Å². The second kappa shape index (κ2) is 7.60. The minimum absolute atomic E-state index is 0.184. The standard InChI is InChI=1S/C18H15Br2FO2S/c19-14-6-13(7-15(20)9-14)17-3-1-2-16(17)11-4-5-12(10-24(22)23)18(21)8-11/h4-9H,1-3,10H2,(H,22,23). The van der Waals surface area contributed by atoms with Gasteiger partial charge in [-0.3, -0.25) is 0 Å². The summed E-state index contributed by atoms with van der Waals surface area (Å²) in [6.45, 7) is 0. The first kappa shape index (κ1) is 18.0.